The summed E-state index contributed by atoms with van der Waals surface area (Å²) in [5.41, 5.74) is 0.456. The van der Waals surface area contributed by atoms with Crippen LogP contribution in [0.3, 0.4) is 0 Å². The van der Waals surface area contributed by atoms with Crippen LogP contribution in [0.4, 0.5) is 0 Å². The molecule has 0 heterocycles. The van der Waals surface area contributed by atoms with Crippen molar-refractivity contribution in [3.63, 3.8) is 0 Å². The molecule has 126 valence electrons. The van der Waals surface area contributed by atoms with Gasteiger partial charge >= 0.3 is 0 Å². The fourth-order valence-corrected chi connectivity index (χ4v) is 3.82. The second-order valence-corrected chi connectivity index (χ2v) is 7.99. The van der Waals surface area contributed by atoms with E-state index in [2.05, 4.69) is 51.8 Å². The third kappa shape index (κ3) is 5.90. The molecule has 3 atom stereocenters. The molecule has 21 heavy (non-hydrogen) atoms. The van der Waals surface area contributed by atoms with Gasteiger partial charge in [0, 0.05) is 12.1 Å². The average Bonchev–Trinajstić information content (AvgIpc) is 2.45. The Balaban J connectivity index is 2.75. The van der Waals surface area contributed by atoms with Crippen LogP contribution in [-0.2, 0) is 0 Å². The molecule has 1 saturated carbocycles. The SMILES string of the molecule is CCCCN(CC)C1CC(C(C)(C)C)CCC1NCCC. The first-order valence-electron chi connectivity index (χ1n) is 9.41. The highest BCUT2D eigenvalue weighted by atomic mass is 15.2. The Morgan fingerprint density at radius 2 is 1.76 bits per heavy atom. The maximum Gasteiger partial charge on any atom is 0.0252 e. The molecule has 0 spiro atoms. The lowest BCUT2D eigenvalue weighted by atomic mass is 9.69. The first-order chi connectivity index (χ1) is 9.93. The molecule has 0 aromatic carbocycles. The molecule has 1 fully saturated rings. The smallest absolute Gasteiger partial charge is 0.0252 e. The molecule has 0 radical (unpaired) electrons. The summed E-state index contributed by atoms with van der Waals surface area (Å²) in [6.07, 6.45) is 8.02. The van der Waals surface area contributed by atoms with Crippen LogP contribution in [0.1, 0.15) is 80.1 Å². The van der Waals surface area contributed by atoms with E-state index in [1.54, 1.807) is 0 Å². The summed E-state index contributed by atoms with van der Waals surface area (Å²) < 4.78 is 0. The van der Waals surface area contributed by atoms with E-state index in [1.165, 1.54) is 58.2 Å². The quantitative estimate of drug-likeness (QED) is 0.699. The number of hydrogen-bond donors (Lipinski definition) is 1. The van der Waals surface area contributed by atoms with Gasteiger partial charge in [0.1, 0.15) is 0 Å². The van der Waals surface area contributed by atoms with E-state index in [0.29, 0.717) is 11.5 Å². The molecule has 0 aromatic heterocycles. The summed E-state index contributed by atoms with van der Waals surface area (Å²) >= 11 is 0. The Morgan fingerprint density at radius 1 is 1.05 bits per heavy atom. The number of likely N-dealkylation sites (N-methyl/N-ethyl adjacent to an activating group) is 1. The number of unbranched alkanes of at least 4 members (excludes halogenated alkanes) is 1. The fraction of sp³-hybridized carbons (Fsp3) is 1.00. The van der Waals surface area contributed by atoms with E-state index >= 15 is 0 Å². The Morgan fingerprint density at radius 3 is 2.29 bits per heavy atom. The van der Waals surface area contributed by atoms with Gasteiger partial charge in [-0.05, 0) is 63.1 Å². The topological polar surface area (TPSA) is 15.3 Å². The normalized spacial score (nSPS) is 27.3. The molecule has 1 aliphatic carbocycles. The van der Waals surface area contributed by atoms with Crippen LogP contribution in [0.5, 0.6) is 0 Å². The second-order valence-electron chi connectivity index (χ2n) is 7.99. The van der Waals surface area contributed by atoms with Gasteiger partial charge in [-0.15, -0.1) is 0 Å². The Bertz CT molecular complexity index is 259. The second kappa shape index (κ2) is 9.15. The first kappa shape index (κ1) is 19.0. The van der Waals surface area contributed by atoms with Crippen LogP contribution in [0.15, 0.2) is 0 Å². The average molecular weight is 297 g/mol. The van der Waals surface area contributed by atoms with Crippen molar-refractivity contribution in [1.29, 1.82) is 0 Å². The number of rotatable bonds is 8. The minimum Gasteiger partial charge on any atom is -0.312 e. The lowest BCUT2D eigenvalue weighted by molar-refractivity contribution is 0.0601. The zero-order valence-electron chi connectivity index (χ0n) is 15.5. The van der Waals surface area contributed by atoms with Crippen LogP contribution in [0.25, 0.3) is 0 Å². The van der Waals surface area contributed by atoms with Gasteiger partial charge in [-0.3, -0.25) is 4.90 Å². The van der Waals surface area contributed by atoms with Crippen LogP contribution in [0, 0.1) is 11.3 Å². The number of hydrogen-bond acceptors (Lipinski definition) is 2. The van der Waals surface area contributed by atoms with Crippen molar-refractivity contribution in [3.05, 3.63) is 0 Å². The van der Waals surface area contributed by atoms with Crippen molar-refractivity contribution in [3.8, 4) is 0 Å². The van der Waals surface area contributed by atoms with Crippen molar-refractivity contribution in [2.75, 3.05) is 19.6 Å². The summed E-state index contributed by atoms with van der Waals surface area (Å²) in [5.74, 6) is 0.873. The summed E-state index contributed by atoms with van der Waals surface area (Å²) in [6, 6.07) is 1.45. The van der Waals surface area contributed by atoms with Gasteiger partial charge in [-0.1, -0.05) is 48.0 Å². The Labute approximate surface area is 134 Å². The minimum absolute atomic E-state index is 0.456. The molecule has 2 heteroatoms. The third-order valence-corrected chi connectivity index (χ3v) is 5.37. The van der Waals surface area contributed by atoms with Crippen molar-refractivity contribution in [1.82, 2.24) is 10.2 Å². The van der Waals surface area contributed by atoms with E-state index in [9.17, 15) is 0 Å². The maximum atomic E-state index is 3.84. The first-order valence-corrected chi connectivity index (χ1v) is 9.41. The summed E-state index contributed by atoms with van der Waals surface area (Å²) in [7, 11) is 0. The minimum atomic E-state index is 0.456. The van der Waals surface area contributed by atoms with E-state index < -0.39 is 0 Å². The maximum absolute atomic E-state index is 3.84. The van der Waals surface area contributed by atoms with E-state index in [-0.39, 0.29) is 0 Å². The molecule has 0 amide bonds. The lowest BCUT2D eigenvalue weighted by Gasteiger charge is -2.46. The third-order valence-electron chi connectivity index (χ3n) is 5.37. The van der Waals surface area contributed by atoms with Crippen molar-refractivity contribution < 1.29 is 0 Å². The van der Waals surface area contributed by atoms with Gasteiger partial charge in [0.05, 0.1) is 0 Å². The molecule has 1 rings (SSSR count). The van der Waals surface area contributed by atoms with Crippen molar-refractivity contribution in [2.24, 2.45) is 11.3 Å². The molecule has 3 unspecified atom stereocenters. The predicted molar refractivity (Wildman–Crippen MR) is 94.8 cm³/mol. The number of nitrogens with one attached hydrogen (secondary N) is 1. The van der Waals surface area contributed by atoms with E-state index in [0.717, 1.165) is 12.0 Å². The van der Waals surface area contributed by atoms with Gasteiger partial charge in [0.2, 0.25) is 0 Å². The molecule has 1 aliphatic rings. The van der Waals surface area contributed by atoms with Gasteiger partial charge in [-0.25, -0.2) is 0 Å². The van der Waals surface area contributed by atoms with Crippen LogP contribution in [-0.4, -0.2) is 36.6 Å². The Hall–Kier alpha value is -0.0800. The molecule has 0 aromatic rings. The summed E-state index contributed by atoms with van der Waals surface area (Å²) in [6.45, 7) is 17.9. The van der Waals surface area contributed by atoms with Gasteiger partial charge in [0.25, 0.3) is 0 Å². The summed E-state index contributed by atoms with van der Waals surface area (Å²) in [5, 5.41) is 3.84. The van der Waals surface area contributed by atoms with Gasteiger partial charge in [0.15, 0.2) is 0 Å². The summed E-state index contributed by atoms with van der Waals surface area (Å²) in [4.78, 5) is 2.76. The molecule has 0 aliphatic heterocycles. The highest BCUT2D eigenvalue weighted by Gasteiger charge is 2.37. The van der Waals surface area contributed by atoms with Crippen LogP contribution in [0.2, 0.25) is 0 Å². The standard InChI is InChI=1S/C19H40N2/c1-7-10-14-21(9-3)18-15-16(19(4,5)6)11-12-17(18)20-13-8-2/h16-18,20H,7-15H2,1-6H3. The molecule has 2 nitrogen and oxygen atoms in total. The molecule has 0 saturated heterocycles. The van der Waals surface area contributed by atoms with Gasteiger partial charge in [-0.2, -0.15) is 0 Å². The molecular weight excluding hydrogens is 256 g/mol. The van der Waals surface area contributed by atoms with E-state index in [4.69, 9.17) is 0 Å². The fourth-order valence-electron chi connectivity index (χ4n) is 3.82. The molecule has 1 N–H and O–H groups in total. The van der Waals surface area contributed by atoms with Crippen molar-refractivity contribution in [2.45, 2.75) is 92.2 Å². The van der Waals surface area contributed by atoms with Crippen molar-refractivity contribution >= 4 is 0 Å². The zero-order valence-corrected chi connectivity index (χ0v) is 15.5. The van der Waals surface area contributed by atoms with Crippen LogP contribution >= 0.6 is 0 Å². The Kier molecular flexibility index (Phi) is 8.26. The van der Waals surface area contributed by atoms with E-state index in [1.807, 2.05) is 0 Å². The number of nitrogens with zero attached hydrogens (tertiary/aromatic N) is 1. The lowest BCUT2D eigenvalue weighted by Crippen LogP contribution is -2.54. The van der Waals surface area contributed by atoms with Gasteiger partial charge < -0.3 is 5.32 Å². The molecule has 0 bridgehead atoms. The highest BCUT2D eigenvalue weighted by Crippen LogP contribution is 2.39. The molecular formula is C19H40N2. The van der Waals surface area contributed by atoms with Crippen LogP contribution < -0.4 is 5.32 Å². The zero-order chi connectivity index (χ0) is 15.9. The monoisotopic (exact) mass is 296 g/mol. The predicted octanol–water partition coefficient (Wildman–Crippen LogP) is 4.69. The largest absolute Gasteiger partial charge is 0.312 e. The highest BCUT2D eigenvalue weighted by molar-refractivity contribution is 4.94.